The van der Waals surface area contributed by atoms with Gasteiger partial charge in [0.05, 0.1) is 5.02 Å². The van der Waals surface area contributed by atoms with Crippen LogP contribution in [0.3, 0.4) is 0 Å². The zero-order chi connectivity index (χ0) is 11.5. The standard InChI is InChI=1S/C10H7Cl2N3S/c1-6-5-14-10(12)15-8(6)16-9-7(11)3-2-4-13-9/h2-5H,1H3. The molecule has 0 bridgehead atoms. The smallest absolute Gasteiger partial charge is 0.223 e. The van der Waals surface area contributed by atoms with Gasteiger partial charge in [-0.3, -0.25) is 0 Å². The zero-order valence-electron chi connectivity index (χ0n) is 8.32. The van der Waals surface area contributed by atoms with Gasteiger partial charge in [-0.1, -0.05) is 11.6 Å². The fourth-order valence-electron chi connectivity index (χ4n) is 1.05. The molecule has 0 N–H and O–H groups in total. The van der Waals surface area contributed by atoms with Crippen LogP contribution >= 0.6 is 35.0 Å². The maximum Gasteiger partial charge on any atom is 0.223 e. The van der Waals surface area contributed by atoms with Crippen LogP contribution in [0.4, 0.5) is 0 Å². The van der Waals surface area contributed by atoms with Crippen LogP contribution in [0.2, 0.25) is 10.3 Å². The van der Waals surface area contributed by atoms with Crippen molar-refractivity contribution >= 4 is 35.0 Å². The minimum atomic E-state index is 0.222. The number of pyridine rings is 1. The summed E-state index contributed by atoms with van der Waals surface area (Å²) in [6.07, 6.45) is 3.36. The number of nitrogens with zero attached hydrogens (tertiary/aromatic N) is 3. The van der Waals surface area contributed by atoms with Crippen molar-refractivity contribution < 1.29 is 0 Å². The molecule has 0 spiro atoms. The summed E-state index contributed by atoms with van der Waals surface area (Å²) < 4.78 is 0. The Morgan fingerprint density at radius 1 is 1.19 bits per heavy atom. The summed E-state index contributed by atoms with van der Waals surface area (Å²) in [5, 5.41) is 2.30. The Morgan fingerprint density at radius 3 is 2.75 bits per heavy atom. The second-order valence-electron chi connectivity index (χ2n) is 3.02. The Balaban J connectivity index is 2.34. The predicted octanol–water partition coefficient (Wildman–Crippen LogP) is 3.64. The van der Waals surface area contributed by atoms with Gasteiger partial charge in [0.15, 0.2) is 0 Å². The molecule has 0 amide bonds. The molecular formula is C10H7Cl2N3S. The molecule has 0 aliphatic heterocycles. The van der Waals surface area contributed by atoms with E-state index in [4.69, 9.17) is 23.2 Å². The minimum Gasteiger partial charge on any atom is -0.248 e. The lowest BCUT2D eigenvalue weighted by atomic mass is 10.4. The van der Waals surface area contributed by atoms with Crippen molar-refractivity contribution in [2.24, 2.45) is 0 Å². The van der Waals surface area contributed by atoms with E-state index in [1.807, 2.05) is 6.92 Å². The van der Waals surface area contributed by atoms with Crippen LogP contribution in [0.25, 0.3) is 0 Å². The molecule has 3 nitrogen and oxygen atoms in total. The number of halogens is 2. The molecule has 0 saturated heterocycles. The van der Waals surface area contributed by atoms with Gasteiger partial charge < -0.3 is 0 Å². The van der Waals surface area contributed by atoms with Gasteiger partial charge in [-0.2, -0.15) is 0 Å². The van der Waals surface area contributed by atoms with Crippen molar-refractivity contribution in [1.29, 1.82) is 0 Å². The second-order valence-corrected chi connectivity index (χ2v) is 4.74. The third-order valence-electron chi connectivity index (χ3n) is 1.81. The molecule has 82 valence electrons. The van der Waals surface area contributed by atoms with Crippen LogP contribution in [0.15, 0.2) is 34.6 Å². The highest BCUT2D eigenvalue weighted by Gasteiger charge is 2.08. The molecule has 0 aromatic carbocycles. The molecule has 2 aromatic heterocycles. The number of rotatable bonds is 2. The highest BCUT2D eigenvalue weighted by atomic mass is 35.5. The Labute approximate surface area is 107 Å². The molecule has 0 radical (unpaired) electrons. The quantitative estimate of drug-likeness (QED) is 0.618. The molecule has 0 aliphatic rings. The van der Waals surface area contributed by atoms with Crippen molar-refractivity contribution in [3.63, 3.8) is 0 Å². The molecule has 2 heterocycles. The van der Waals surface area contributed by atoms with E-state index < -0.39 is 0 Å². The number of aromatic nitrogens is 3. The van der Waals surface area contributed by atoms with E-state index in [1.165, 1.54) is 11.8 Å². The van der Waals surface area contributed by atoms with Crippen LogP contribution in [0, 0.1) is 6.92 Å². The van der Waals surface area contributed by atoms with Crippen LogP contribution in [0.5, 0.6) is 0 Å². The summed E-state index contributed by atoms with van der Waals surface area (Å²) in [7, 11) is 0. The molecule has 6 heteroatoms. The van der Waals surface area contributed by atoms with Gasteiger partial charge in [-0.05, 0) is 42.4 Å². The average Bonchev–Trinajstić information content (AvgIpc) is 2.27. The fourth-order valence-corrected chi connectivity index (χ4v) is 2.28. The van der Waals surface area contributed by atoms with E-state index in [0.717, 1.165) is 10.6 Å². The SMILES string of the molecule is Cc1cnc(Cl)nc1Sc1ncccc1Cl. The van der Waals surface area contributed by atoms with Gasteiger partial charge in [-0.25, -0.2) is 15.0 Å². The summed E-state index contributed by atoms with van der Waals surface area (Å²) in [4.78, 5) is 12.2. The second kappa shape index (κ2) is 4.99. The molecule has 0 fully saturated rings. The third kappa shape index (κ3) is 2.64. The number of hydrogen-bond donors (Lipinski definition) is 0. The lowest BCUT2D eigenvalue weighted by Crippen LogP contribution is -1.90. The highest BCUT2D eigenvalue weighted by Crippen LogP contribution is 2.31. The first-order chi connectivity index (χ1) is 7.66. The Bertz CT molecular complexity index is 519. The topological polar surface area (TPSA) is 38.7 Å². The summed E-state index contributed by atoms with van der Waals surface area (Å²) in [6.45, 7) is 1.91. The summed E-state index contributed by atoms with van der Waals surface area (Å²) in [5.74, 6) is 0. The summed E-state index contributed by atoms with van der Waals surface area (Å²) in [5.41, 5.74) is 0.941. The normalized spacial score (nSPS) is 10.4. The van der Waals surface area contributed by atoms with Crippen molar-refractivity contribution in [3.05, 3.63) is 40.4 Å². The number of hydrogen-bond acceptors (Lipinski definition) is 4. The van der Waals surface area contributed by atoms with Crippen molar-refractivity contribution in [2.75, 3.05) is 0 Å². The fraction of sp³-hybridized carbons (Fsp3) is 0.100. The largest absolute Gasteiger partial charge is 0.248 e. The first-order valence-corrected chi connectivity index (χ1v) is 6.01. The molecule has 16 heavy (non-hydrogen) atoms. The Morgan fingerprint density at radius 2 is 2.00 bits per heavy atom. The molecule has 0 saturated carbocycles. The van der Waals surface area contributed by atoms with Crippen LogP contribution in [0.1, 0.15) is 5.56 Å². The average molecular weight is 272 g/mol. The highest BCUT2D eigenvalue weighted by molar-refractivity contribution is 7.99. The van der Waals surface area contributed by atoms with E-state index in [9.17, 15) is 0 Å². The molecule has 0 aliphatic carbocycles. The van der Waals surface area contributed by atoms with E-state index in [0.29, 0.717) is 10.0 Å². The third-order valence-corrected chi connectivity index (χ3v) is 3.54. The van der Waals surface area contributed by atoms with Crippen molar-refractivity contribution in [1.82, 2.24) is 15.0 Å². The first kappa shape index (κ1) is 11.6. The lowest BCUT2D eigenvalue weighted by Gasteiger charge is -2.04. The van der Waals surface area contributed by atoms with Crippen LogP contribution < -0.4 is 0 Å². The summed E-state index contributed by atoms with van der Waals surface area (Å²) in [6, 6.07) is 3.57. The van der Waals surface area contributed by atoms with Gasteiger partial charge in [0.1, 0.15) is 10.1 Å². The predicted molar refractivity (Wildman–Crippen MR) is 65.1 cm³/mol. The first-order valence-electron chi connectivity index (χ1n) is 4.44. The van der Waals surface area contributed by atoms with Gasteiger partial charge in [0, 0.05) is 18.0 Å². The van der Waals surface area contributed by atoms with Gasteiger partial charge in [-0.15, -0.1) is 0 Å². The Hall–Kier alpha value is -0.840. The van der Waals surface area contributed by atoms with Gasteiger partial charge in [0.2, 0.25) is 5.28 Å². The minimum absolute atomic E-state index is 0.222. The molecule has 0 atom stereocenters. The molecule has 0 unspecified atom stereocenters. The number of aryl methyl sites for hydroxylation is 1. The molecule has 2 aromatic rings. The van der Waals surface area contributed by atoms with Gasteiger partial charge in [0.25, 0.3) is 0 Å². The van der Waals surface area contributed by atoms with Crippen molar-refractivity contribution in [2.45, 2.75) is 17.0 Å². The van der Waals surface area contributed by atoms with Crippen LogP contribution in [-0.4, -0.2) is 15.0 Å². The summed E-state index contributed by atoms with van der Waals surface area (Å²) >= 11 is 13.1. The monoisotopic (exact) mass is 271 g/mol. The molecular weight excluding hydrogens is 265 g/mol. The van der Waals surface area contributed by atoms with Crippen LogP contribution in [-0.2, 0) is 0 Å². The van der Waals surface area contributed by atoms with E-state index in [-0.39, 0.29) is 5.28 Å². The molecule has 2 rings (SSSR count). The lowest BCUT2D eigenvalue weighted by molar-refractivity contribution is 0.997. The zero-order valence-corrected chi connectivity index (χ0v) is 10.6. The van der Waals surface area contributed by atoms with E-state index >= 15 is 0 Å². The van der Waals surface area contributed by atoms with Crippen molar-refractivity contribution in [3.8, 4) is 0 Å². The maximum absolute atomic E-state index is 6.01. The van der Waals surface area contributed by atoms with Gasteiger partial charge >= 0.3 is 0 Å². The van der Waals surface area contributed by atoms with E-state index in [2.05, 4.69) is 15.0 Å². The maximum atomic E-state index is 6.01. The van der Waals surface area contributed by atoms with E-state index in [1.54, 1.807) is 24.5 Å². The Kier molecular flexibility index (Phi) is 3.63.